The van der Waals surface area contributed by atoms with E-state index in [0.29, 0.717) is 30.1 Å². The van der Waals surface area contributed by atoms with Gasteiger partial charge in [-0.1, -0.05) is 23.8 Å². The van der Waals surface area contributed by atoms with E-state index in [9.17, 15) is 9.90 Å². The first-order chi connectivity index (χ1) is 14.0. The highest BCUT2D eigenvalue weighted by Gasteiger charge is 2.42. The Bertz CT molecular complexity index is 1040. The van der Waals surface area contributed by atoms with Gasteiger partial charge in [-0.25, -0.2) is 0 Å². The van der Waals surface area contributed by atoms with E-state index in [1.807, 2.05) is 43.3 Å². The number of hydrogen-bond donors (Lipinski definition) is 2. The number of phenolic OH excluding ortho intramolecular Hbond substituents is 1. The summed E-state index contributed by atoms with van der Waals surface area (Å²) in [4.78, 5) is 14.9. The van der Waals surface area contributed by atoms with Crippen LogP contribution in [0.4, 0.5) is 0 Å². The van der Waals surface area contributed by atoms with E-state index in [0.717, 1.165) is 22.4 Å². The van der Waals surface area contributed by atoms with Gasteiger partial charge in [0.2, 0.25) is 0 Å². The fourth-order valence-corrected chi connectivity index (χ4v) is 3.79. The zero-order chi connectivity index (χ0) is 20.5. The quantitative estimate of drug-likeness (QED) is 0.671. The van der Waals surface area contributed by atoms with Crippen LogP contribution in [0.1, 0.15) is 33.2 Å². The molecular weight excluding hydrogens is 370 g/mol. The number of aromatic hydroxyl groups is 1. The van der Waals surface area contributed by atoms with Gasteiger partial charge in [-0.2, -0.15) is 5.10 Å². The van der Waals surface area contributed by atoms with Crippen LogP contribution in [0.15, 0.2) is 42.5 Å². The number of nitrogens with zero attached hydrogens (tertiary/aromatic N) is 2. The molecule has 0 spiro atoms. The highest BCUT2D eigenvalue weighted by Crippen LogP contribution is 2.44. The molecule has 7 heteroatoms. The van der Waals surface area contributed by atoms with Crippen molar-refractivity contribution in [3.63, 3.8) is 0 Å². The minimum atomic E-state index is -0.341. The predicted octanol–water partition coefficient (Wildman–Crippen LogP) is 3.29. The number of nitrogens with one attached hydrogen (secondary N) is 1. The fourth-order valence-electron chi connectivity index (χ4n) is 3.79. The first-order valence-corrected chi connectivity index (χ1v) is 9.37. The van der Waals surface area contributed by atoms with Gasteiger partial charge in [0.05, 0.1) is 19.8 Å². The van der Waals surface area contributed by atoms with Crippen molar-refractivity contribution in [2.45, 2.75) is 13.0 Å². The molecule has 1 amide bonds. The molecule has 150 valence electrons. The number of amides is 1. The number of carbonyl (C=O) groups is 1. The first-order valence-electron chi connectivity index (χ1n) is 9.37. The van der Waals surface area contributed by atoms with Crippen molar-refractivity contribution in [3.05, 3.63) is 64.8 Å². The maximum absolute atomic E-state index is 13.1. The number of aromatic nitrogens is 2. The van der Waals surface area contributed by atoms with Crippen molar-refractivity contribution in [2.24, 2.45) is 0 Å². The van der Waals surface area contributed by atoms with Gasteiger partial charge in [-0.05, 0) is 36.8 Å². The van der Waals surface area contributed by atoms with Crippen molar-refractivity contribution < 1.29 is 19.4 Å². The number of hydrogen-bond acceptors (Lipinski definition) is 5. The third kappa shape index (κ3) is 3.23. The van der Waals surface area contributed by atoms with Crippen molar-refractivity contribution >= 4 is 5.91 Å². The number of ether oxygens (including phenoxy) is 2. The van der Waals surface area contributed by atoms with Crippen LogP contribution in [0.3, 0.4) is 0 Å². The molecule has 1 aliphatic rings. The van der Waals surface area contributed by atoms with E-state index in [1.54, 1.807) is 25.2 Å². The van der Waals surface area contributed by atoms with Crippen LogP contribution in [-0.2, 0) is 4.74 Å². The Morgan fingerprint density at radius 1 is 1.17 bits per heavy atom. The van der Waals surface area contributed by atoms with E-state index < -0.39 is 0 Å². The summed E-state index contributed by atoms with van der Waals surface area (Å²) in [7, 11) is 3.23. The number of rotatable bonds is 6. The molecule has 0 radical (unpaired) electrons. The molecule has 1 aliphatic heterocycles. The van der Waals surface area contributed by atoms with Gasteiger partial charge in [0.1, 0.15) is 22.9 Å². The fraction of sp³-hybridized carbons (Fsp3) is 0.273. The summed E-state index contributed by atoms with van der Waals surface area (Å²) in [6.45, 7) is 2.81. The zero-order valence-corrected chi connectivity index (χ0v) is 16.6. The Morgan fingerprint density at radius 2 is 1.93 bits per heavy atom. The molecule has 1 aromatic heterocycles. The maximum atomic E-state index is 13.1. The zero-order valence-electron chi connectivity index (χ0n) is 16.6. The van der Waals surface area contributed by atoms with E-state index >= 15 is 0 Å². The standard InChI is InChI=1S/C22H23N3O4/c1-13-4-9-17(26)16(12-13)19-18-20(24-23-19)22(27)25(10-11-28-2)21(18)14-5-7-15(29-3)8-6-14/h4-9,12,21,26H,10-11H2,1-3H3,(H,23,24)/t21-/m0/s1. The Morgan fingerprint density at radius 3 is 2.62 bits per heavy atom. The van der Waals surface area contributed by atoms with Crippen molar-refractivity contribution in [1.29, 1.82) is 0 Å². The van der Waals surface area contributed by atoms with Gasteiger partial charge in [0.25, 0.3) is 5.91 Å². The number of aryl methyl sites for hydroxylation is 1. The van der Waals surface area contributed by atoms with Crippen LogP contribution in [-0.4, -0.2) is 53.5 Å². The van der Waals surface area contributed by atoms with Gasteiger partial charge in [0.15, 0.2) is 0 Å². The lowest BCUT2D eigenvalue weighted by Crippen LogP contribution is -2.32. The van der Waals surface area contributed by atoms with Gasteiger partial charge >= 0.3 is 0 Å². The lowest BCUT2D eigenvalue weighted by molar-refractivity contribution is 0.0677. The number of aromatic amines is 1. The molecular formula is C22H23N3O4. The van der Waals surface area contributed by atoms with Crippen molar-refractivity contribution in [2.75, 3.05) is 27.4 Å². The first kappa shape index (κ1) is 19.0. The highest BCUT2D eigenvalue weighted by atomic mass is 16.5. The lowest BCUT2D eigenvalue weighted by Gasteiger charge is -2.26. The molecule has 0 unspecified atom stereocenters. The summed E-state index contributed by atoms with van der Waals surface area (Å²) in [5.74, 6) is 0.732. The van der Waals surface area contributed by atoms with Gasteiger partial charge in [-0.3, -0.25) is 9.89 Å². The molecule has 29 heavy (non-hydrogen) atoms. The van der Waals surface area contributed by atoms with Crippen LogP contribution in [0.5, 0.6) is 11.5 Å². The smallest absolute Gasteiger partial charge is 0.273 e. The Hall–Kier alpha value is -3.32. The molecule has 0 saturated heterocycles. The van der Waals surface area contributed by atoms with Gasteiger partial charge in [-0.15, -0.1) is 0 Å². The Kier molecular flexibility index (Phi) is 4.98. The number of fused-ring (bicyclic) bond motifs is 1. The molecule has 3 aromatic rings. The molecule has 0 aliphatic carbocycles. The minimum Gasteiger partial charge on any atom is -0.507 e. The van der Waals surface area contributed by atoms with Crippen LogP contribution in [0.2, 0.25) is 0 Å². The van der Waals surface area contributed by atoms with E-state index in [1.165, 1.54) is 0 Å². The number of benzene rings is 2. The summed E-state index contributed by atoms with van der Waals surface area (Å²) in [5, 5.41) is 17.7. The third-order valence-electron chi connectivity index (χ3n) is 5.24. The molecule has 0 bridgehead atoms. The third-order valence-corrected chi connectivity index (χ3v) is 5.24. The molecule has 4 rings (SSSR count). The molecule has 0 saturated carbocycles. The van der Waals surface area contributed by atoms with Crippen LogP contribution in [0.25, 0.3) is 11.3 Å². The second-order valence-electron chi connectivity index (χ2n) is 7.05. The summed E-state index contributed by atoms with van der Waals surface area (Å²) >= 11 is 0. The second kappa shape index (κ2) is 7.60. The van der Waals surface area contributed by atoms with Crippen LogP contribution < -0.4 is 4.74 Å². The van der Waals surface area contributed by atoms with E-state index in [2.05, 4.69) is 10.2 Å². The summed E-state index contributed by atoms with van der Waals surface area (Å²) in [5.41, 5.74) is 4.31. The topological polar surface area (TPSA) is 87.7 Å². The largest absolute Gasteiger partial charge is 0.507 e. The normalized spacial score (nSPS) is 15.6. The predicted molar refractivity (Wildman–Crippen MR) is 108 cm³/mol. The SMILES string of the molecule is COCCN1C(=O)c2[nH]nc(-c3cc(C)ccc3O)c2[C@@H]1c1ccc(OC)cc1. The van der Waals surface area contributed by atoms with Crippen LogP contribution in [0, 0.1) is 6.92 Å². The van der Waals surface area contributed by atoms with Crippen molar-refractivity contribution in [1.82, 2.24) is 15.1 Å². The number of carbonyl (C=O) groups excluding carboxylic acids is 1. The average molecular weight is 393 g/mol. The summed E-state index contributed by atoms with van der Waals surface area (Å²) in [6.07, 6.45) is 0. The monoisotopic (exact) mass is 393 g/mol. The number of phenols is 1. The minimum absolute atomic E-state index is 0.126. The summed E-state index contributed by atoms with van der Waals surface area (Å²) in [6, 6.07) is 12.6. The van der Waals surface area contributed by atoms with Gasteiger partial charge < -0.3 is 19.5 Å². The van der Waals surface area contributed by atoms with Gasteiger partial charge in [0, 0.05) is 24.8 Å². The Labute approximate surface area is 168 Å². The molecule has 1 atom stereocenters. The second-order valence-corrected chi connectivity index (χ2v) is 7.05. The molecule has 2 N–H and O–H groups in total. The highest BCUT2D eigenvalue weighted by molar-refractivity contribution is 6.00. The lowest BCUT2D eigenvalue weighted by atomic mass is 9.95. The maximum Gasteiger partial charge on any atom is 0.273 e. The summed E-state index contributed by atoms with van der Waals surface area (Å²) < 4.78 is 10.5. The molecule has 7 nitrogen and oxygen atoms in total. The molecule has 0 fully saturated rings. The van der Waals surface area contributed by atoms with E-state index in [4.69, 9.17) is 9.47 Å². The number of methoxy groups -OCH3 is 2. The van der Waals surface area contributed by atoms with Crippen LogP contribution >= 0.6 is 0 Å². The number of H-pyrrole nitrogens is 1. The molecule has 2 heterocycles. The average Bonchev–Trinajstić information content (AvgIpc) is 3.27. The molecule has 2 aromatic carbocycles. The Balaban J connectivity index is 1.87. The van der Waals surface area contributed by atoms with E-state index in [-0.39, 0.29) is 17.7 Å². The van der Waals surface area contributed by atoms with Crippen molar-refractivity contribution in [3.8, 4) is 22.8 Å².